The summed E-state index contributed by atoms with van der Waals surface area (Å²) in [5.41, 5.74) is 2.16. The van der Waals surface area contributed by atoms with E-state index in [-0.39, 0.29) is 0 Å². The number of phenols is 1. The third-order valence-corrected chi connectivity index (χ3v) is 3.73. The molecular weight excluding hydrogens is 276 g/mol. The number of ether oxygens (including phenoxy) is 2. The SMILES string of the molecule is CC=C(CC)OCCCCOc1c(CC)cc(O)cc1CC. The first-order valence-electron chi connectivity index (χ1n) is 8.41. The van der Waals surface area contributed by atoms with Gasteiger partial charge in [0.25, 0.3) is 0 Å². The molecule has 0 atom stereocenters. The van der Waals surface area contributed by atoms with Crippen LogP contribution in [0.15, 0.2) is 24.0 Å². The zero-order valence-electron chi connectivity index (χ0n) is 14.4. The molecule has 0 bridgehead atoms. The highest BCUT2D eigenvalue weighted by molar-refractivity contribution is 5.47. The summed E-state index contributed by atoms with van der Waals surface area (Å²) in [4.78, 5) is 0. The van der Waals surface area contributed by atoms with Crippen LogP contribution in [0.2, 0.25) is 0 Å². The van der Waals surface area contributed by atoms with Crippen molar-refractivity contribution in [2.45, 2.75) is 59.8 Å². The minimum absolute atomic E-state index is 0.327. The van der Waals surface area contributed by atoms with E-state index >= 15 is 0 Å². The number of aryl methyl sites for hydroxylation is 2. The summed E-state index contributed by atoms with van der Waals surface area (Å²) >= 11 is 0. The van der Waals surface area contributed by atoms with Crippen molar-refractivity contribution in [1.29, 1.82) is 0 Å². The second-order valence-electron chi connectivity index (χ2n) is 5.31. The van der Waals surface area contributed by atoms with Gasteiger partial charge in [-0.05, 0) is 61.9 Å². The quantitative estimate of drug-likeness (QED) is 0.488. The summed E-state index contributed by atoms with van der Waals surface area (Å²) in [5.74, 6) is 2.33. The average Bonchev–Trinajstić information content (AvgIpc) is 2.54. The van der Waals surface area contributed by atoms with Gasteiger partial charge in [-0.2, -0.15) is 0 Å². The maximum absolute atomic E-state index is 9.74. The van der Waals surface area contributed by atoms with Crippen LogP contribution in [0.3, 0.4) is 0 Å². The molecular formula is C19H30O3. The van der Waals surface area contributed by atoms with Gasteiger partial charge in [-0.1, -0.05) is 20.8 Å². The molecule has 1 rings (SSSR count). The molecule has 0 fully saturated rings. The molecule has 0 amide bonds. The smallest absolute Gasteiger partial charge is 0.125 e. The second-order valence-corrected chi connectivity index (χ2v) is 5.31. The van der Waals surface area contributed by atoms with Crippen LogP contribution in [0.25, 0.3) is 0 Å². The van der Waals surface area contributed by atoms with Crippen molar-refractivity contribution in [3.05, 3.63) is 35.1 Å². The standard InChI is InChI=1S/C19H30O3/c1-5-15-13-17(20)14-16(6-2)19(15)22-12-10-9-11-21-18(7-3)8-4/h7,13-14,20H,5-6,8-12H2,1-4H3. The Morgan fingerprint density at radius 1 is 1.05 bits per heavy atom. The topological polar surface area (TPSA) is 38.7 Å². The van der Waals surface area contributed by atoms with Crippen molar-refractivity contribution in [3.8, 4) is 11.5 Å². The predicted octanol–water partition coefficient (Wildman–Crippen LogP) is 5.01. The summed E-state index contributed by atoms with van der Waals surface area (Å²) in [6.07, 6.45) is 6.64. The van der Waals surface area contributed by atoms with Gasteiger partial charge in [-0.3, -0.25) is 0 Å². The van der Waals surface area contributed by atoms with Crippen molar-refractivity contribution in [1.82, 2.24) is 0 Å². The lowest BCUT2D eigenvalue weighted by Crippen LogP contribution is -2.04. The van der Waals surface area contributed by atoms with Gasteiger partial charge < -0.3 is 14.6 Å². The minimum atomic E-state index is 0.327. The van der Waals surface area contributed by atoms with Crippen LogP contribution in [0.1, 0.15) is 58.1 Å². The molecule has 124 valence electrons. The second kappa shape index (κ2) is 10.1. The van der Waals surface area contributed by atoms with Gasteiger partial charge in [0.1, 0.15) is 11.5 Å². The number of hydrogen-bond acceptors (Lipinski definition) is 3. The summed E-state index contributed by atoms with van der Waals surface area (Å²) in [6.45, 7) is 9.70. The Morgan fingerprint density at radius 3 is 2.14 bits per heavy atom. The molecule has 0 aliphatic heterocycles. The van der Waals surface area contributed by atoms with E-state index in [2.05, 4.69) is 20.8 Å². The van der Waals surface area contributed by atoms with Gasteiger partial charge in [-0.15, -0.1) is 0 Å². The molecule has 0 heterocycles. The summed E-state index contributed by atoms with van der Waals surface area (Å²) in [5, 5.41) is 9.74. The fraction of sp³-hybridized carbons (Fsp3) is 0.579. The van der Waals surface area contributed by atoms with E-state index in [0.29, 0.717) is 12.4 Å². The van der Waals surface area contributed by atoms with Crippen LogP contribution >= 0.6 is 0 Å². The molecule has 0 saturated carbocycles. The van der Waals surface area contributed by atoms with Crippen molar-refractivity contribution in [2.75, 3.05) is 13.2 Å². The van der Waals surface area contributed by atoms with E-state index < -0.39 is 0 Å². The molecule has 22 heavy (non-hydrogen) atoms. The number of hydrogen-bond donors (Lipinski definition) is 1. The van der Waals surface area contributed by atoms with Crippen LogP contribution < -0.4 is 4.74 Å². The van der Waals surface area contributed by atoms with E-state index in [1.807, 2.05) is 13.0 Å². The maximum atomic E-state index is 9.74. The van der Waals surface area contributed by atoms with E-state index in [9.17, 15) is 5.11 Å². The highest BCUT2D eigenvalue weighted by atomic mass is 16.5. The van der Waals surface area contributed by atoms with Crippen LogP contribution in [-0.2, 0) is 17.6 Å². The Balaban J connectivity index is 2.45. The first-order valence-corrected chi connectivity index (χ1v) is 8.41. The number of aromatic hydroxyl groups is 1. The first-order chi connectivity index (χ1) is 10.7. The molecule has 0 aliphatic carbocycles. The predicted molar refractivity (Wildman–Crippen MR) is 91.6 cm³/mol. The molecule has 0 aromatic heterocycles. The zero-order chi connectivity index (χ0) is 16.4. The van der Waals surface area contributed by atoms with Crippen LogP contribution in [0.5, 0.6) is 11.5 Å². The fourth-order valence-corrected chi connectivity index (χ4v) is 2.42. The lowest BCUT2D eigenvalue weighted by atomic mass is 10.0. The minimum Gasteiger partial charge on any atom is -0.508 e. The Labute approximate surface area is 135 Å². The molecule has 0 unspecified atom stereocenters. The highest BCUT2D eigenvalue weighted by Gasteiger charge is 2.10. The summed E-state index contributed by atoms with van der Waals surface area (Å²) in [6, 6.07) is 3.61. The average molecular weight is 306 g/mol. The van der Waals surface area contributed by atoms with Gasteiger partial charge in [0.2, 0.25) is 0 Å². The lowest BCUT2D eigenvalue weighted by Gasteiger charge is -2.15. The molecule has 3 heteroatoms. The Kier molecular flexibility index (Phi) is 8.49. The Morgan fingerprint density at radius 2 is 1.64 bits per heavy atom. The number of unbranched alkanes of at least 4 members (excludes halogenated alkanes) is 1. The van der Waals surface area contributed by atoms with Crippen LogP contribution in [-0.4, -0.2) is 18.3 Å². The molecule has 0 aliphatic rings. The van der Waals surface area contributed by atoms with Gasteiger partial charge >= 0.3 is 0 Å². The van der Waals surface area contributed by atoms with Crippen molar-refractivity contribution in [3.63, 3.8) is 0 Å². The van der Waals surface area contributed by atoms with E-state index in [1.54, 1.807) is 12.1 Å². The number of rotatable bonds is 10. The van der Waals surface area contributed by atoms with Crippen LogP contribution in [0, 0.1) is 0 Å². The molecule has 1 aromatic rings. The van der Waals surface area contributed by atoms with Crippen LogP contribution in [0.4, 0.5) is 0 Å². The van der Waals surface area contributed by atoms with E-state index in [4.69, 9.17) is 9.47 Å². The van der Waals surface area contributed by atoms with E-state index in [0.717, 1.165) is 61.3 Å². The Bertz CT molecular complexity index is 453. The number of benzene rings is 1. The van der Waals surface area contributed by atoms with Crippen molar-refractivity contribution < 1.29 is 14.6 Å². The van der Waals surface area contributed by atoms with Gasteiger partial charge in [0.15, 0.2) is 0 Å². The third-order valence-electron chi connectivity index (χ3n) is 3.73. The van der Waals surface area contributed by atoms with E-state index in [1.165, 1.54) is 0 Å². The van der Waals surface area contributed by atoms with Crippen molar-refractivity contribution in [2.24, 2.45) is 0 Å². The normalized spacial score (nSPS) is 11.5. The van der Waals surface area contributed by atoms with Gasteiger partial charge in [0, 0.05) is 6.42 Å². The molecule has 3 nitrogen and oxygen atoms in total. The molecule has 0 spiro atoms. The zero-order valence-corrected chi connectivity index (χ0v) is 14.4. The molecule has 0 saturated heterocycles. The largest absolute Gasteiger partial charge is 0.508 e. The van der Waals surface area contributed by atoms with Crippen molar-refractivity contribution >= 4 is 0 Å². The number of phenolic OH excluding ortho intramolecular Hbond substituents is 1. The summed E-state index contributed by atoms with van der Waals surface area (Å²) < 4.78 is 11.7. The maximum Gasteiger partial charge on any atom is 0.125 e. The monoisotopic (exact) mass is 306 g/mol. The molecule has 1 aromatic carbocycles. The van der Waals surface area contributed by atoms with Gasteiger partial charge in [-0.25, -0.2) is 0 Å². The fourth-order valence-electron chi connectivity index (χ4n) is 2.42. The molecule has 0 radical (unpaired) electrons. The third kappa shape index (κ3) is 5.63. The Hall–Kier alpha value is -1.64. The molecule has 1 N–H and O–H groups in total. The lowest BCUT2D eigenvalue weighted by molar-refractivity contribution is 0.188. The summed E-state index contributed by atoms with van der Waals surface area (Å²) in [7, 11) is 0. The highest BCUT2D eigenvalue weighted by Crippen LogP contribution is 2.30. The van der Waals surface area contributed by atoms with Gasteiger partial charge in [0.05, 0.1) is 19.0 Å². The number of allylic oxidation sites excluding steroid dienone is 2. The first kappa shape index (κ1) is 18.4.